The van der Waals surface area contributed by atoms with E-state index in [1.165, 1.54) is 80.7 Å². The van der Waals surface area contributed by atoms with E-state index in [4.69, 9.17) is 36.3 Å². The summed E-state index contributed by atoms with van der Waals surface area (Å²) in [5.74, 6) is -10.5. The summed E-state index contributed by atoms with van der Waals surface area (Å²) >= 11 is 7.19. The topological polar surface area (TPSA) is 478 Å². The van der Waals surface area contributed by atoms with Crippen molar-refractivity contribution in [3.63, 3.8) is 0 Å². The average molecular weight is 1540 g/mol. The number of unbranched alkanes of at least 4 members (excludes halogenated alkanes) is 3. The Balaban J connectivity index is 1.05. The van der Waals surface area contributed by atoms with E-state index in [9.17, 15) is 50.1 Å². The van der Waals surface area contributed by atoms with E-state index in [0.717, 1.165) is 63.5 Å². The fourth-order valence-electron chi connectivity index (χ4n) is 16.6. The number of rotatable bonds is 17. The average Bonchev–Trinajstić information content (AvgIpc) is 0.761. The third-order valence-corrected chi connectivity index (χ3v) is 22.3. The number of benzene rings is 5. The molecule has 6 heterocycles. The van der Waals surface area contributed by atoms with Gasteiger partial charge in [-0.25, -0.2) is 4.79 Å². The number of aliphatic hydroxyl groups excluding tert-OH is 5. The number of imide groups is 1. The van der Waals surface area contributed by atoms with Gasteiger partial charge < -0.3 is 108 Å². The zero-order chi connectivity index (χ0) is 78.8. The van der Waals surface area contributed by atoms with Crippen LogP contribution in [0.3, 0.4) is 0 Å². The number of fused-ring (bicyclic) bond motifs is 15. The Kier molecular flexibility index (Phi) is 24.6. The molecule has 31 nitrogen and oxygen atoms in total. The lowest BCUT2D eigenvalue weighted by Gasteiger charge is -2.54. The number of halogens is 1. The third-order valence-electron chi connectivity index (χ3n) is 22.0. The molecule has 14 atom stereocenters. The Bertz CT molecular complexity index is 4340. The standard InChI is InChI=1S/C78H96ClN11O20/c1-7-8-9-10-17-82-78(106)84-56(93)31-49-71(100)86-60-43-28-53(107-51-15-12-39(19-34(51)4)64(94)62(75(104)83-49)89-70(99)48(81-6)18-33(2)3)69(110-77-68(98)67(97)66(96)55(32-80)109-77)54(29-43)108-52-16-13-40(27-47(52)79)65(95)63-76(105)88-61(74(103)85-58-41-22-36-21-37(24-41)25-42(58)23-36)46-30-44(91)20-35(5)57(46)45-26-38(11-14-50(45)92)59(72(101)90-63)87-73(60)102/h11-16,19-20,26-30,33,36-37,41-42,48-49,55,58-68,77,81,91-92,94-98H,7-10,17-18,21-25,31-32,80H2,1-6H3,(H,83,104)(H,85,103)(H,86,100)(H,87,102)(H,88,105)(H,89,99)(H,90,101)(H2,82,84,93,106)/t36?,37?,41?,42?,48-,49+,55-,58?,59-,60-,61+,62-,63+,64-,65-,66-,67+,68-,77+/m1/s1. The number of carbonyl (C=O) groups is 9. The van der Waals surface area contributed by atoms with Gasteiger partial charge in [0.25, 0.3) is 0 Å². The molecule has 0 radical (unpaired) electrons. The largest absolute Gasteiger partial charge is 0.508 e. The zero-order valence-corrected chi connectivity index (χ0v) is 62.4. The van der Waals surface area contributed by atoms with Gasteiger partial charge in [-0.15, -0.1) is 0 Å². The lowest BCUT2D eigenvalue weighted by atomic mass is 9.54. The first-order chi connectivity index (χ1) is 52.5. The number of hydrogen-bond donors (Lipinski definition) is 18. The first-order valence-corrected chi connectivity index (χ1v) is 37.8. The van der Waals surface area contributed by atoms with Gasteiger partial charge in [0.2, 0.25) is 59.3 Å². The van der Waals surface area contributed by atoms with Crippen LogP contribution in [0.5, 0.6) is 40.2 Å². The minimum Gasteiger partial charge on any atom is -0.508 e. The van der Waals surface area contributed by atoms with E-state index in [0.29, 0.717) is 18.3 Å². The fourth-order valence-corrected chi connectivity index (χ4v) is 16.8. The van der Waals surface area contributed by atoms with Crippen LogP contribution >= 0.6 is 11.6 Å². The minimum atomic E-state index is -2.27. The summed E-state index contributed by atoms with van der Waals surface area (Å²) in [5.41, 5.74) is 5.78. The third kappa shape index (κ3) is 17.2. The maximum atomic E-state index is 16.4. The minimum absolute atomic E-state index is 0.00994. The molecule has 15 bridgehead atoms. The number of nitrogens with one attached hydrogen (secondary N) is 10. The summed E-state index contributed by atoms with van der Waals surface area (Å²) in [6, 6.07) is 1.86. The van der Waals surface area contributed by atoms with Crippen LogP contribution < -0.4 is 73.1 Å². The predicted molar refractivity (Wildman–Crippen MR) is 395 cm³/mol. The van der Waals surface area contributed by atoms with Gasteiger partial charge in [0, 0.05) is 24.7 Å². The Morgan fingerprint density at radius 3 is 1.95 bits per heavy atom. The Hall–Kier alpha value is -9.70. The number of ether oxygens (including phenoxy) is 4. The molecule has 0 spiro atoms. The van der Waals surface area contributed by atoms with Gasteiger partial charge in [0.05, 0.1) is 17.5 Å². The molecule has 4 saturated carbocycles. The number of carbonyl (C=O) groups excluding carboxylic acids is 9. The summed E-state index contributed by atoms with van der Waals surface area (Å²) in [6.45, 7) is 8.53. The lowest BCUT2D eigenvalue weighted by Crippen LogP contribution is -2.60. The number of amides is 10. The highest BCUT2D eigenvalue weighted by Crippen LogP contribution is 2.55. The van der Waals surface area contributed by atoms with Crippen molar-refractivity contribution in [3.8, 4) is 51.4 Å². The van der Waals surface area contributed by atoms with Crippen molar-refractivity contribution in [2.45, 2.75) is 196 Å². The van der Waals surface area contributed by atoms with Gasteiger partial charge in [-0.3, -0.25) is 43.7 Å². The van der Waals surface area contributed by atoms with Gasteiger partial charge >= 0.3 is 6.03 Å². The molecule has 5 aromatic carbocycles. The number of aromatic hydroxyl groups is 2. The molecule has 5 fully saturated rings. The van der Waals surface area contributed by atoms with Crippen molar-refractivity contribution in [1.29, 1.82) is 0 Å². The van der Waals surface area contributed by atoms with Crippen molar-refractivity contribution >= 4 is 64.9 Å². The van der Waals surface area contributed by atoms with Gasteiger partial charge in [0.1, 0.15) is 95.9 Å². The van der Waals surface area contributed by atoms with Crippen LogP contribution in [0.25, 0.3) is 11.1 Å². The van der Waals surface area contributed by atoms with E-state index in [-0.39, 0.29) is 109 Å². The summed E-state index contributed by atoms with van der Waals surface area (Å²) in [4.78, 5) is 137. The van der Waals surface area contributed by atoms with Gasteiger partial charge in [-0.2, -0.15) is 0 Å². The van der Waals surface area contributed by atoms with Crippen molar-refractivity contribution in [2.24, 2.45) is 35.3 Å². The second kappa shape index (κ2) is 33.9. The molecule has 10 aliphatic rings. The molecular formula is C78H96ClN11O20. The molecule has 10 amide bonds. The molecule has 110 heavy (non-hydrogen) atoms. The molecule has 590 valence electrons. The molecule has 0 unspecified atom stereocenters. The molecule has 0 aromatic heterocycles. The van der Waals surface area contributed by atoms with Crippen LogP contribution in [0, 0.1) is 43.4 Å². The number of urea groups is 1. The van der Waals surface area contributed by atoms with Crippen molar-refractivity contribution in [2.75, 3.05) is 20.1 Å². The highest BCUT2D eigenvalue weighted by atomic mass is 35.5. The van der Waals surface area contributed by atoms with Crippen LogP contribution in [-0.4, -0.2) is 170 Å². The van der Waals surface area contributed by atoms with E-state index >= 15 is 28.8 Å². The normalized spacial score (nSPS) is 28.7. The monoisotopic (exact) mass is 1540 g/mol. The molecule has 32 heteroatoms. The molecule has 15 rings (SSSR count). The number of nitrogens with two attached hydrogens (primary N) is 1. The number of likely N-dealkylation sites (N-methyl/N-ethyl adjacent to an activating group) is 1. The second-order valence-corrected chi connectivity index (χ2v) is 30.8. The maximum absolute atomic E-state index is 16.4. The highest BCUT2D eigenvalue weighted by molar-refractivity contribution is 6.32. The number of aliphatic hydroxyl groups is 5. The van der Waals surface area contributed by atoms with Crippen LogP contribution in [0.2, 0.25) is 5.02 Å². The van der Waals surface area contributed by atoms with Crippen molar-refractivity contribution < 1.29 is 97.8 Å². The second-order valence-electron chi connectivity index (χ2n) is 30.4. The Morgan fingerprint density at radius 2 is 1.30 bits per heavy atom. The number of aryl methyl sites for hydroxylation is 2. The van der Waals surface area contributed by atoms with Gasteiger partial charge in [-0.1, -0.05) is 69.8 Å². The summed E-state index contributed by atoms with van der Waals surface area (Å²) in [7, 11) is 1.51. The lowest BCUT2D eigenvalue weighted by molar-refractivity contribution is -0.270. The summed E-state index contributed by atoms with van der Waals surface area (Å²) in [5, 5.41) is 109. The molecule has 6 aliphatic heterocycles. The fraction of sp³-hybridized carbons (Fsp3) is 0.500. The number of phenols is 2. The SMILES string of the molecule is CCCCCCNC(=O)NC(=O)C[C@@H]1NC(=O)[C@H](NC(=O)[C@@H](CC(C)C)NC)[C@H](O)c2ccc(c(C)c2)Oc2cc3cc(c2O[C@@H]2O[C@H](CN)[C@@H](O)[C@H](O)[C@H]2O)Oc2ccc(cc2Cl)[C@@H](O)[C@@H]2NC(=O)[C@H](NC(=O)[C@@H]3NC1=O)c1ccc(O)c(c1)-c1c(C)cc(O)cc1[C@@H](C(=O)NC1C3CC4CC(C3)CC1C4)NC2=O. The van der Waals surface area contributed by atoms with Crippen LogP contribution in [0.4, 0.5) is 4.79 Å². The van der Waals surface area contributed by atoms with Crippen LogP contribution in [0.1, 0.15) is 161 Å². The van der Waals surface area contributed by atoms with Gasteiger partial charge in [0.15, 0.2) is 11.5 Å². The Labute approximate surface area is 639 Å². The summed E-state index contributed by atoms with van der Waals surface area (Å²) in [6.07, 6.45) is -6.32. The zero-order valence-electron chi connectivity index (χ0n) is 61.6. The number of phenolic OH excluding ortho intramolecular Hbond substituents is 2. The highest BCUT2D eigenvalue weighted by Gasteiger charge is 2.51. The first kappa shape index (κ1) is 79.8. The van der Waals surface area contributed by atoms with E-state index in [2.05, 4.69) is 53.2 Å². The van der Waals surface area contributed by atoms with E-state index in [1.807, 2.05) is 20.8 Å². The van der Waals surface area contributed by atoms with Crippen molar-refractivity contribution in [3.05, 3.63) is 123 Å². The maximum Gasteiger partial charge on any atom is 0.321 e. The smallest absolute Gasteiger partial charge is 0.321 e. The van der Waals surface area contributed by atoms with Crippen molar-refractivity contribution in [1.82, 2.24) is 53.2 Å². The van der Waals surface area contributed by atoms with Crippen LogP contribution in [0.15, 0.2) is 78.9 Å². The van der Waals surface area contributed by atoms with E-state index < -0.39 is 174 Å². The summed E-state index contributed by atoms with van der Waals surface area (Å²) < 4.78 is 25.9. The van der Waals surface area contributed by atoms with Crippen LogP contribution in [-0.2, 0) is 43.1 Å². The predicted octanol–water partition coefficient (Wildman–Crippen LogP) is 3.87. The van der Waals surface area contributed by atoms with E-state index in [1.54, 1.807) is 6.92 Å². The Morgan fingerprint density at radius 1 is 0.655 bits per heavy atom. The quantitative estimate of drug-likeness (QED) is 0.0587. The molecule has 19 N–H and O–H groups in total. The molecule has 4 aliphatic carbocycles. The molecule has 5 aromatic rings. The molecule has 1 saturated heterocycles. The first-order valence-electron chi connectivity index (χ1n) is 37.4. The van der Waals surface area contributed by atoms with Gasteiger partial charge in [-0.05, 0) is 201 Å². The number of hydrogen-bond acceptors (Lipinski definition) is 22. The molecular weight excluding hydrogens is 1450 g/mol.